The lowest BCUT2D eigenvalue weighted by atomic mass is 10.2. The molecule has 108 valence electrons. The SMILES string of the molecule is O=C(O)CC1CN(C(=O)c2cccn2C2CC2)CCO1. The van der Waals surface area contributed by atoms with Crippen LogP contribution in [0.2, 0.25) is 0 Å². The topological polar surface area (TPSA) is 71.8 Å². The van der Waals surface area contributed by atoms with E-state index in [-0.39, 0.29) is 12.3 Å². The Hall–Kier alpha value is -1.82. The Balaban J connectivity index is 1.69. The second-order valence-corrected chi connectivity index (χ2v) is 5.37. The Bertz CT molecular complexity index is 521. The Morgan fingerprint density at radius 3 is 2.90 bits per heavy atom. The second kappa shape index (κ2) is 5.28. The number of ether oxygens (including phenoxy) is 1. The Kier molecular flexibility index (Phi) is 3.48. The standard InChI is InChI=1S/C14H18N2O4/c17-13(18)8-11-9-15(6-7-20-11)14(19)12-2-1-5-16(12)10-3-4-10/h1-2,5,10-11H,3-4,6-9H2,(H,17,18). The molecule has 0 aromatic carbocycles. The van der Waals surface area contributed by atoms with Crippen LogP contribution in [0.4, 0.5) is 0 Å². The number of carbonyl (C=O) groups is 2. The quantitative estimate of drug-likeness (QED) is 0.896. The van der Waals surface area contributed by atoms with Crippen molar-refractivity contribution >= 4 is 11.9 Å². The highest BCUT2D eigenvalue weighted by Crippen LogP contribution is 2.36. The van der Waals surface area contributed by atoms with E-state index >= 15 is 0 Å². The van der Waals surface area contributed by atoms with E-state index in [2.05, 4.69) is 0 Å². The van der Waals surface area contributed by atoms with Gasteiger partial charge < -0.3 is 19.3 Å². The molecule has 1 aromatic heterocycles. The van der Waals surface area contributed by atoms with E-state index in [1.54, 1.807) is 4.90 Å². The van der Waals surface area contributed by atoms with Crippen LogP contribution in [0.3, 0.4) is 0 Å². The summed E-state index contributed by atoms with van der Waals surface area (Å²) in [6, 6.07) is 4.18. The number of rotatable bonds is 4. The van der Waals surface area contributed by atoms with Crippen LogP contribution in [0.25, 0.3) is 0 Å². The van der Waals surface area contributed by atoms with Gasteiger partial charge in [0.15, 0.2) is 0 Å². The first kappa shape index (κ1) is 13.2. The smallest absolute Gasteiger partial charge is 0.306 e. The number of aromatic nitrogens is 1. The molecule has 1 saturated heterocycles. The molecule has 6 heteroatoms. The summed E-state index contributed by atoms with van der Waals surface area (Å²) in [4.78, 5) is 25.0. The third-order valence-corrected chi connectivity index (χ3v) is 3.77. The molecule has 6 nitrogen and oxygen atoms in total. The average Bonchev–Trinajstić information content (AvgIpc) is 3.15. The third kappa shape index (κ3) is 2.70. The van der Waals surface area contributed by atoms with E-state index < -0.39 is 12.1 Å². The van der Waals surface area contributed by atoms with Gasteiger partial charge in [0.25, 0.3) is 5.91 Å². The number of aliphatic carboxylic acids is 1. The van der Waals surface area contributed by atoms with Crippen LogP contribution < -0.4 is 0 Å². The Labute approximate surface area is 116 Å². The van der Waals surface area contributed by atoms with Crippen molar-refractivity contribution in [2.24, 2.45) is 0 Å². The number of nitrogens with zero attached hydrogens (tertiary/aromatic N) is 2. The van der Waals surface area contributed by atoms with Crippen LogP contribution in [0.1, 0.15) is 35.8 Å². The summed E-state index contributed by atoms with van der Waals surface area (Å²) < 4.78 is 7.43. The van der Waals surface area contributed by atoms with Crippen molar-refractivity contribution in [2.75, 3.05) is 19.7 Å². The minimum absolute atomic E-state index is 0.0272. The highest BCUT2D eigenvalue weighted by Gasteiger charge is 2.31. The lowest BCUT2D eigenvalue weighted by molar-refractivity contribution is -0.141. The lowest BCUT2D eigenvalue weighted by Crippen LogP contribution is -2.46. The van der Waals surface area contributed by atoms with Crippen LogP contribution in [-0.4, -0.2) is 52.3 Å². The first-order valence-corrected chi connectivity index (χ1v) is 6.94. The van der Waals surface area contributed by atoms with Crippen molar-refractivity contribution in [3.8, 4) is 0 Å². The van der Waals surface area contributed by atoms with Crippen LogP contribution in [-0.2, 0) is 9.53 Å². The zero-order valence-corrected chi connectivity index (χ0v) is 11.2. The molecule has 1 amide bonds. The highest BCUT2D eigenvalue weighted by molar-refractivity contribution is 5.93. The second-order valence-electron chi connectivity index (χ2n) is 5.37. The van der Waals surface area contributed by atoms with E-state index in [0.29, 0.717) is 31.4 Å². The molecule has 1 N–H and O–H groups in total. The van der Waals surface area contributed by atoms with Crippen molar-refractivity contribution in [1.82, 2.24) is 9.47 Å². The molecule has 1 atom stereocenters. The molecular weight excluding hydrogens is 260 g/mol. The van der Waals surface area contributed by atoms with E-state index in [4.69, 9.17) is 9.84 Å². The molecule has 0 bridgehead atoms. The number of carbonyl (C=O) groups excluding carboxylic acids is 1. The summed E-state index contributed by atoms with van der Waals surface area (Å²) in [6.07, 6.45) is 3.72. The number of hydrogen-bond acceptors (Lipinski definition) is 3. The predicted octanol–water partition coefficient (Wildman–Crippen LogP) is 1.14. The fourth-order valence-corrected chi connectivity index (χ4v) is 2.63. The summed E-state index contributed by atoms with van der Waals surface area (Å²) >= 11 is 0. The highest BCUT2D eigenvalue weighted by atomic mass is 16.5. The van der Waals surface area contributed by atoms with Crippen molar-refractivity contribution in [2.45, 2.75) is 31.4 Å². The number of carboxylic acids is 1. The minimum atomic E-state index is -0.898. The normalized spacial score (nSPS) is 22.8. The van der Waals surface area contributed by atoms with Crippen LogP contribution >= 0.6 is 0 Å². The summed E-state index contributed by atoms with van der Waals surface area (Å²) in [6.45, 7) is 1.26. The van der Waals surface area contributed by atoms with E-state index in [1.165, 1.54) is 0 Å². The van der Waals surface area contributed by atoms with Gasteiger partial charge in [0.2, 0.25) is 0 Å². The van der Waals surface area contributed by atoms with E-state index in [1.807, 2.05) is 22.9 Å². The maximum Gasteiger partial charge on any atom is 0.306 e. The van der Waals surface area contributed by atoms with Crippen LogP contribution in [0, 0.1) is 0 Å². The van der Waals surface area contributed by atoms with Crippen molar-refractivity contribution in [3.05, 3.63) is 24.0 Å². The lowest BCUT2D eigenvalue weighted by Gasteiger charge is -2.32. The summed E-state index contributed by atoms with van der Waals surface area (Å²) in [7, 11) is 0. The summed E-state index contributed by atoms with van der Waals surface area (Å²) in [5.41, 5.74) is 0.698. The van der Waals surface area contributed by atoms with Gasteiger partial charge in [-0.25, -0.2) is 0 Å². The molecule has 0 radical (unpaired) electrons. The van der Waals surface area contributed by atoms with Gasteiger partial charge in [-0.2, -0.15) is 0 Å². The molecule has 1 aromatic rings. The molecule has 3 rings (SSSR count). The molecule has 0 spiro atoms. The van der Waals surface area contributed by atoms with E-state index in [0.717, 1.165) is 12.8 Å². The summed E-state index contributed by atoms with van der Waals surface area (Å²) in [5, 5.41) is 8.81. The maximum atomic E-state index is 12.5. The molecule has 20 heavy (non-hydrogen) atoms. The third-order valence-electron chi connectivity index (χ3n) is 3.77. The molecule has 1 aliphatic heterocycles. The Morgan fingerprint density at radius 1 is 1.40 bits per heavy atom. The number of morpholine rings is 1. The maximum absolute atomic E-state index is 12.5. The molecule has 1 saturated carbocycles. The van der Waals surface area contributed by atoms with Gasteiger partial charge in [-0.3, -0.25) is 9.59 Å². The van der Waals surface area contributed by atoms with Gasteiger partial charge in [0.1, 0.15) is 5.69 Å². The molecular formula is C14H18N2O4. The van der Waals surface area contributed by atoms with Gasteiger partial charge in [-0.15, -0.1) is 0 Å². The van der Waals surface area contributed by atoms with Gasteiger partial charge >= 0.3 is 5.97 Å². The average molecular weight is 278 g/mol. The molecule has 2 fully saturated rings. The predicted molar refractivity (Wildman–Crippen MR) is 70.6 cm³/mol. The zero-order chi connectivity index (χ0) is 14.1. The number of amides is 1. The van der Waals surface area contributed by atoms with Gasteiger partial charge in [0.05, 0.1) is 19.1 Å². The van der Waals surface area contributed by atoms with Crippen molar-refractivity contribution in [3.63, 3.8) is 0 Å². The molecule has 1 unspecified atom stereocenters. The minimum Gasteiger partial charge on any atom is -0.481 e. The number of hydrogen-bond donors (Lipinski definition) is 1. The fraction of sp³-hybridized carbons (Fsp3) is 0.571. The largest absolute Gasteiger partial charge is 0.481 e. The molecule has 1 aliphatic carbocycles. The first-order valence-electron chi connectivity index (χ1n) is 6.94. The van der Waals surface area contributed by atoms with Gasteiger partial charge in [-0.1, -0.05) is 0 Å². The molecule has 2 heterocycles. The van der Waals surface area contributed by atoms with Crippen molar-refractivity contribution < 1.29 is 19.4 Å². The monoisotopic (exact) mass is 278 g/mol. The van der Waals surface area contributed by atoms with E-state index in [9.17, 15) is 9.59 Å². The van der Waals surface area contributed by atoms with Crippen LogP contribution in [0.15, 0.2) is 18.3 Å². The first-order chi connectivity index (χ1) is 9.65. The fourth-order valence-electron chi connectivity index (χ4n) is 2.63. The molecule has 2 aliphatic rings. The Morgan fingerprint density at radius 2 is 2.20 bits per heavy atom. The van der Waals surface area contributed by atoms with Crippen molar-refractivity contribution in [1.29, 1.82) is 0 Å². The van der Waals surface area contributed by atoms with Gasteiger partial charge in [-0.05, 0) is 25.0 Å². The van der Waals surface area contributed by atoms with Crippen LogP contribution in [0.5, 0.6) is 0 Å². The van der Waals surface area contributed by atoms with Gasteiger partial charge in [0, 0.05) is 25.3 Å². The zero-order valence-electron chi connectivity index (χ0n) is 11.2. The number of carboxylic acid groups (broad SMARTS) is 1. The summed E-state index contributed by atoms with van der Waals surface area (Å²) in [5.74, 6) is -0.925.